The van der Waals surface area contributed by atoms with Gasteiger partial charge in [0.05, 0.1) is 6.04 Å². The molecule has 0 aliphatic heterocycles. The third kappa shape index (κ3) is 5.71. The van der Waals surface area contributed by atoms with Crippen LogP contribution >= 0.6 is 0 Å². The minimum atomic E-state index is -0.109. The van der Waals surface area contributed by atoms with E-state index in [1.807, 2.05) is 49.4 Å². The Bertz CT molecular complexity index is 940. The molecule has 3 aromatic rings. The molecule has 0 aromatic heterocycles. The predicted molar refractivity (Wildman–Crippen MR) is 118 cm³/mol. The first-order chi connectivity index (χ1) is 13.8. The minimum Gasteiger partial charge on any atom is -0.489 e. The lowest BCUT2D eigenvalue weighted by Crippen LogP contribution is -2.26. The van der Waals surface area contributed by atoms with Crippen molar-refractivity contribution in [2.45, 2.75) is 45.8 Å². The van der Waals surface area contributed by atoms with Crippen LogP contribution in [0.15, 0.2) is 78.9 Å². The zero-order valence-electron chi connectivity index (χ0n) is 17.6. The highest BCUT2D eigenvalue weighted by atomic mass is 16.5. The number of hydrogen-bond acceptors (Lipinski definition) is 2. The summed E-state index contributed by atoms with van der Waals surface area (Å²) in [7, 11) is 0. The highest BCUT2D eigenvalue weighted by Crippen LogP contribution is 2.24. The molecule has 1 amide bonds. The van der Waals surface area contributed by atoms with Crippen LogP contribution in [0.2, 0.25) is 0 Å². The van der Waals surface area contributed by atoms with Crippen LogP contribution in [0.1, 0.15) is 60.8 Å². The number of rotatable bonds is 6. The van der Waals surface area contributed by atoms with E-state index in [1.54, 1.807) is 12.1 Å². The van der Waals surface area contributed by atoms with Gasteiger partial charge in [-0.05, 0) is 47.2 Å². The average molecular weight is 388 g/mol. The number of ether oxygens (including phenoxy) is 1. The number of carbonyl (C=O) groups excluding carboxylic acids is 1. The maximum Gasteiger partial charge on any atom is 0.251 e. The van der Waals surface area contributed by atoms with Crippen molar-refractivity contribution in [3.05, 3.63) is 101 Å². The van der Waals surface area contributed by atoms with Crippen LogP contribution in [0.4, 0.5) is 0 Å². The summed E-state index contributed by atoms with van der Waals surface area (Å²) in [6, 6.07) is 25.7. The Morgan fingerprint density at radius 2 is 1.62 bits per heavy atom. The predicted octanol–water partition coefficient (Wildman–Crippen LogP) is 6.05. The summed E-state index contributed by atoms with van der Waals surface area (Å²) in [6.07, 6.45) is 0. The summed E-state index contributed by atoms with van der Waals surface area (Å²) >= 11 is 0. The first kappa shape index (κ1) is 20.7. The zero-order valence-corrected chi connectivity index (χ0v) is 17.6. The summed E-state index contributed by atoms with van der Waals surface area (Å²) in [5, 5.41) is 3.08. The van der Waals surface area contributed by atoms with E-state index in [1.165, 1.54) is 5.56 Å². The topological polar surface area (TPSA) is 38.3 Å². The molecule has 3 heteroatoms. The van der Waals surface area contributed by atoms with E-state index in [0.29, 0.717) is 17.9 Å². The van der Waals surface area contributed by atoms with Gasteiger partial charge < -0.3 is 10.1 Å². The fraction of sp³-hybridized carbons (Fsp3) is 0.269. The molecule has 3 aromatic carbocycles. The Balaban J connectivity index is 1.62. The molecule has 0 radical (unpaired) electrons. The lowest BCUT2D eigenvalue weighted by Gasteiger charge is -2.21. The third-order valence-electron chi connectivity index (χ3n) is 4.97. The van der Waals surface area contributed by atoms with Crippen LogP contribution in [-0.2, 0) is 12.0 Å². The lowest BCUT2D eigenvalue weighted by molar-refractivity contribution is 0.0939. The monoisotopic (exact) mass is 387 g/mol. The van der Waals surface area contributed by atoms with Crippen LogP contribution in [0, 0.1) is 0 Å². The average Bonchev–Trinajstić information content (AvgIpc) is 2.72. The van der Waals surface area contributed by atoms with Gasteiger partial charge in [-0.25, -0.2) is 0 Å². The first-order valence-corrected chi connectivity index (χ1v) is 10.0. The molecule has 0 fully saturated rings. The zero-order chi connectivity index (χ0) is 20.9. The molecule has 0 unspecified atom stereocenters. The summed E-state index contributed by atoms with van der Waals surface area (Å²) in [5.74, 6) is 0.575. The van der Waals surface area contributed by atoms with E-state index in [2.05, 4.69) is 50.4 Å². The van der Waals surface area contributed by atoms with Crippen molar-refractivity contribution in [1.29, 1.82) is 0 Å². The first-order valence-electron chi connectivity index (χ1n) is 10.0. The van der Waals surface area contributed by atoms with Crippen molar-refractivity contribution >= 4 is 5.91 Å². The van der Waals surface area contributed by atoms with E-state index in [-0.39, 0.29) is 17.4 Å². The number of nitrogens with one attached hydrogen (secondary N) is 1. The molecule has 0 heterocycles. The van der Waals surface area contributed by atoms with Gasteiger partial charge in [0.25, 0.3) is 5.91 Å². The van der Waals surface area contributed by atoms with Gasteiger partial charge in [0.1, 0.15) is 12.4 Å². The van der Waals surface area contributed by atoms with Gasteiger partial charge in [-0.1, -0.05) is 81.4 Å². The molecular weight excluding hydrogens is 358 g/mol. The second-order valence-corrected chi connectivity index (χ2v) is 8.37. The molecule has 0 bridgehead atoms. The molecule has 1 N–H and O–H groups in total. The lowest BCUT2D eigenvalue weighted by atomic mass is 9.86. The molecule has 0 aliphatic rings. The Morgan fingerprint density at radius 3 is 2.28 bits per heavy atom. The molecule has 0 spiro atoms. The normalized spacial score (nSPS) is 12.3. The number of amides is 1. The van der Waals surface area contributed by atoms with E-state index in [0.717, 1.165) is 11.1 Å². The molecule has 3 rings (SSSR count). The summed E-state index contributed by atoms with van der Waals surface area (Å²) < 4.78 is 5.84. The van der Waals surface area contributed by atoms with Crippen LogP contribution in [0.3, 0.4) is 0 Å². The van der Waals surface area contributed by atoms with E-state index in [9.17, 15) is 4.79 Å². The van der Waals surface area contributed by atoms with Crippen molar-refractivity contribution in [3.63, 3.8) is 0 Å². The Kier molecular flexibility index (Phi) is 6.38. The van der Waals surface area contributed by atoms with Gasteiger partial charge in [0.15, 0.2) is 0 Å². The van der Waals surface area contributed by atoms with Crippen molar-refractivity contribution in [2.75, 3.05) is 0 Å². The maximum absolute atomic E-state index is 12.7. The Labute approximate surface area is 173 Å². The molecule has 29 heavy (non-hydrogen) atoms. The molecule has 1 atom stereocenters. The quantitative estimate of drug-likeness (QED) is 0.559. The van der Waals surface area contributed by atoms with E-state index < -0.39 is 0 Å². The van der Waals surface area contributed by atoms with Gasteiger partial charge in [-0.3, -0.25) is 4.79 Å². The SMILES string of the molecule is C[C@@H](NC(=O)c1cccc(OCc2ccccc2)c1)c1ccc(C(C)(C)C)cc1. The standard InChI is InChI=1S/C26H29NO2/c1-19(21-13-15-23(16-14-21)26(2,3)4)27-25(28)22-11-8-12-24(17-22)29-18-20-9-6-5-7-10-20/h5-17,19H,18H2,1-4H3,(H,27,28)/t19-/m1/s1. The van der Waals surface area contributed by atoms with Crippen molar-refractivity contribution in [2.24, 2.45) is 0 Å². The molecule has 0 saturated heterocycles. The fourth-order valence-corrected chi connectivity index (χ4v) is 3.10. The summed E-state index contributed by atoms with van der Waals surface area (Å²) in [4.78, 5) is 12.7. The number of benzene rings is 3. The van der Waals surface area contributed by atoms with Crippen molar-refractivity contribution < 1.29 is 9.53 Å². The summed E-state index contributed by atoms with van der Waals surface area (Å²) in [6.45, 7) is 9.06. The molecule has 0 saturated carbocycles. The smallest absolute Gasteiger partial charge is 0.251 e. The van der Waals surface area contributed by atoms with Gasteiger partial charge in [0.2, 0.25) is 0 Å². The highest BCUT2D eigenvalue weighted by molar-refractivity contribution is 5.94. The molecule has 0 aliphatic carbocycles. The third-order valence-corrected chi connectivity index (χ3v) is 4.97. The van der Waals surface area contributed by atoms with Crippen molar-refractivity contribution in [3.8, 4) is 5.75 Å². The van der Waals surface area contributed by atoms with Gasteiger partial charge in [0, 0.05) is 5.56 Å². The molecular formula is C26H29NO2. The largest absolute Gasteiger partial charge is 0.489 e. The molecule has 3 nitrogen and oxygen atoms in total. The van der Waals surface area contributed by atoms with Crippen LogP contribution in [0.25, 0.3) is 0 Å². The maximum atomic E-state index is 12.7. The fourth-order valence-electron chi connectivity index (χ4n) is 3.10. The highest BCUT2D eigenvalue weighted by Gasteiger charge is 2.15. The van der Waals surface area contributed by atoms with Crippen molar-refractivity contribution in [1.82, 2.24) is 5.32 Å². The van der Waals surface area contributed by atoms with Gasteiger partial charge in [-0.15, -0.1) is 0 Å². The second-order valence-electron chi connectivity index (χ2n) is 8.37. The number of carbonyl (C=O) groups is 1. The van der Waals surface area contributed by atoms with Crippen LogP contribution in [0.5, 0.6) is 5.75 Å². The number of hydrogen-bond donors (Lipinski definition) is 1. The van der Waals surface area contributed by atoms with Gasteiger partial charge in [-0.2, -0.15) is 0 Å². The van der Waals surface area contributed by atoms with Gasteiger partial charge >= 0.3 is 0 Å². The Hall–Kier alpha value is -3.07. The van der Waals surface area contributed by atoms with E-state index in [4.69, 9.17) is 4.74 Å². The summed E-state index contributed by atoms with van der Waals surface area (Å²) in [5.41, 5.74) is 4.17. The minimum absolute atomic E-state index is 0.0783. The van der Waals surface area contributed by atoms with Crippen LogP contribution < -0.4 is 10.1 Å². The second kappa shape index (κ2) is 8.95. The van der Waals surface area contributed by atoms with Crippen LogP contribution in [-0.4, -0.2) is 5.91 Å². The molecule has 150 valence electrons. The van der Waals surface area contributed by atoms with E-state index >= 15 is 0 Å². The Morgan fingerprint density at radius 1 is 0.931 bits per heavy atom.